The summed E-state index contributed by atoms with van der Waals surface area (Å²) in [6.07, 6.45) is 0. The van der Waals surface area contributed by atoms with Crippen molar-refractivity contribution < 1.29 is 14.3 Å². The van der Waals surface area contributed by atoms with Crippen LogP contribution in [0.2, 0.25) is 0 Å². The van der Waals surface area contributed by atoms with Gasteiger partial charge in [0.15, 0.2) is 5.13 Å². The molecule has 0 spiro atoms. The maximum absolute atomic E-state index is 12.1. The molecule has 2 N–H and O–H groups in total. The van der Waals surface area contributed by atoms with Crippen molar-refractivity contribution in [3.63, 3.8) is 0 Å². The monoisotopic (exact) mass is 415 g/mol. The summed E-state index contributed by atoms with van der Waals surface area (Å²) in [5.74, 6) is 0.856. The van der Waals surface area contributed by atoms with Crippen LogP contribution in [0.5, 0.6) is 5.75 Å². The second-order valence-corrected chi connectivity index (χ2v) is 8.05. The molecular formula is C20H21N3O3S2. The van der Waals surface area contributed by atoms with Crippen LogP contribution in [0, 0.1) is 6.92 Å². The van der Waals surface area contributed by atoms with Crippen LogP contribution in [0.3, 0.4) is 0 Å². The van der Waals surface area contributed by atoms with E-state index in [2.05, 4.69) is 15.6 Å². The molecule has 0 aliphatic carbocycles. The van der Waals surface area contributed by atoms with Crippen molar-refractivity contribution in [2.45, 2.75) is 13.8 Å². The maximum Gasteiger partial charge on any atom is 0.236 e. The molecule has 3 rings (SSSR count). The SMILES string of the molecule is CCOc1ccc2nc(NC(=O)CSCC(=O)Nc3ccc(C)cc3)sc2c1. The Hall–Kier alpha value is -2.58. The van der Waals surface area contributed by atoms with Gasteiger partial charge in [0.2, 0.25) is 11.8 Å². The van der Waals surface area contributed by atoms with Crippen LogP contribution in [0.1, 0.15) is 12.5 Å². The van der Waals surface area contributed by atoms with Crippen LogP contribution in [0.4, 0.5) is 10.8 Å². The Kier molecular flexibility index (Phi) is 6.89. The van der Waals surface area contributed by atoms with E-state index in [0.717, 1.165) is 27.2 Å². The number of thiazole rings is 1. The van der Waals surface area contributed by atoms with E-state index in [1.807, 2.05) is 56.3 Å². The molecule has 2 amide bonds. The van der Waals surface area contributed by atoms with Gasteiger partial charge in [0.25, 0.3) is 0 Å². The van der Waals surface area contributed by atoms with E-state index in [0.29, 0.717) is 11.7 Å². The summed E-state index contributed by atoms with van der Waals surface area (Å²) in [6.45, 7) is 4.52. The predicted octanol–water partition coefficient (Wildman–Crippen LogP) is 4.31. The summed E-state index contributed by atoms with van der Waals surface area (Å²) in [7, 11) is 0. The number of anilines is 2. The number of benzene rings is 2. The quantitative estimate of drug-likeness (QED) is 0.573. The molecule has 0 bridgehead atoms. The lowest BCUT2D eigenvalue weighted by Gasteiger charge is -2.05. The number of aryl methyl sites for hydroxylation is 1. The van der Waals surface area contributed by atoms with E-state index in [4.69, 9.17) is 4.74 Å². The van der Waals surface area contributed by atoms with Crippen molar-refractivity contribution >= 4 is 55.9 Å². The van der Waals surface area contributed by atoms with Crippen LogP contribution in [-0.2, 0) is 9.59 Å². The predicted molar refractivity (Wildman–Crippen MR) is 117 cm³/mol. The van der Waals surface area contributed by atoms with Crippen LogP contribution < -0.4 is 15.4 Å². The fourth-order valence-electron chi connectivity index (χ4n) is 2.44. The molecule has 28 heavy (non-hydrogen) atoms. The number of aromatic nitrogens is 1. The van der Waals surface area contributed by atoms with Crippen LogP contribution in [0.25, 0.3) is 10.2 Å². The molecule has 0 saturated heterocycles. The van der Waals surface area contributed by atoms with E-state index in [9.17, 15) is 9.59 Å². The minimum atomic E-state index is -0.183. The van der Waals surface area contributed by atoms with Gasteiger partial charge in [0.05, 0.1) is 28.3 Å². The standard InChI is InChI=1S/C20H21N3O3S2/c1-3-26-15-8-9-16-17(10-15)28-20(22-16)23-19(25)12-27-11-18(24)21-14-6-4-13(2)5-7-14/h4-10H,3,11-12H2,1-2H3,(H,21,24)(H,22,23,25). The van der Waals surface area contributed by atoms with Crippen LogP contribution in [-0.4, -0.2) is 34.9 Å². The highest BCUT2D eigenvalue weighted by Crippen LogP contribution is 2.29. The number of carbonyl (C=O) groups is 2. The first kappa shape index (κ1) is 20.2. The third kappa shape index (κ3) is 5.71. The van der Waals surface area contributed by atoms with Crippen molar-refractivity contribution in [3.8, 4) is 5.75 Å². The van der Waals surface area contributed by atoms with Crippen molar-refractivity contribution in [2.24, 2.45) is 0 Å². The molecule has 0 aliphatic heterocycles. The summed E-state index contributed by atoms with van der Waals surface area (Å²) in [5.41, 5.74) is 2.70. The Labute approximate surface area is 171 Å². The third-order valence-electron chi connectivity index (χ3n) is 3.72. The van der Waals surface area contributed by atoms with Crippen molar-refractivity contribution in [1.29, 1.82) is 0 Å². The molecule has 0 aliphatic rings. The second-order valence-electron chi connectivity index (χ2n) is 6.04. The van der Waals surface area contributed by atoms with Crippen LogP contribution in [0.15, 0.2) is 42.5 Å². The van der Waals surface area contributed by atoms with Crippen molar-refractivity contribution in [1.82, 2.24) is 4.98 Å². The molecule has 6 nitrogen and oxygen atoms in total. The Morgan fingerprint density at radius 2 is 1.79 bits per heavy atom. The molecule has 1 aromatic heterocycles. The lowest BCUT2D eigenvalue weighted by Crippen LogP contribution is -2.18. The zero-order chi connectivity index (χ0) is 19.9. The molecule has 0 fully saturated rings. The van der Waals surface area contributed by atoms with Gasteiger partial charge in [0.1, 0.15) is 5.75 Å². The second kappa shape index (κ2) is 9.57. The fraction of sp³-hybridized carbons (Fsp3) is 0.250. The number of hydrogen-bond donors (Lipinski definition) is 2. The van der Waals surface area contributed by atoms with Gasteiger partial charge in [-0.2, -0.15) is 0 Å². The largest absolute Gasteiger partial charge is 0.494 e. The Morgan fingerprint density at radius 1 is 1.07 bits per heavy atom. The normalized spacial score (nSPS) is 10.6. The minimum absolute atomic E-state index is 0.134. The summed E-state index contributed by atoms with van der Waals surface area (Å²) >= 11 is 2.66. The lowest BCUT2D eigenvalue weighted by molar-refractivity contribution is -0.114. The zero-order valence-electron chi connectivity index (χ0n) is 15.7. The summed E-state index contributed by atoms with van der Waals surface area (Å²) in [6, 6.07) is 13.2. The van der Waals surface area contributed by atoms with Crippen molar-refractivity contribution in [3.05, 3.63) is 48.0 Å². The van der Waals surface area contributed by atoms with Gasteiger partial charge in [0, 0.05) is 5.69 Å². The number of rotatable bonds is 8. The summed E-state index contributed by atoms with van der Waals surface area (Å²) in [5, 5.41) is 6.14. The molecule has 0 radical (unpaired) electrons. The number of ether oxygens (including phenoxy) is 1. The van der Waals surface area contributed by atoms with Gasteiger partial charge in [-0.15, -0.1) is 11.8 Å². The zero-order valence-corrected chi connectivity index (χ0v) is 17.3. The van der Waals surface area contributed by atoms with E-state index in [1.54, 1.807) is 0 Å². The molecular weight excluding hydrogens is 394 g/mol. The highest BCUT2D eigenvalue weighted by Gasteiger charge is 2.10. The van der Waals surface area contributed by atoms with Gasteiger partial charge in [-0.3, -0.25) is 9.59 Å². The van der Waals surface area contributed by atoms with Gasteiger partial charge in [-0.25, -0.2) is 4.98 Å². The van der Waals surface area contributed by atoms with E-state index in [1.165, 1.54) is 23.1 Å². The van der Waals surface area contributed by atoms with Gasteiger partial charge < -0.3 is 15.4 Å². The number of hydrogen-bond acceptors (Lipinski definition) is 6. The molecule has 146 valence electrons. The molecule has 0 unspecified atom stereocenters. The Balaban J connectivity index is 1.45. The smallest absolute Gasteiger partial charge is 0.236 e. The Morgan fingerprint density at radius 3 is 2.50 bits per heavy atom. The number of nitrogens with one attached hydrogen (secondary N) is 2. The maximum atomic E-state index is 12.1. The van der Waals surface area contributed by atoms with Gasteiger partial charge in [-0.1, -0.05) is 29.0 Å². The Bertz CT molecular complexity index is 970. The average Bonchev–Trinajstić information content (AvgIpc) is 3.05. The molecule has 1 heterocycles. The molecule has 0 saturated carbocycles. The minimum Gasteiger partial charge on any atom is -0.494 e. The highest BCUT2D eigenvalue weighted by atomic mass is 32.2. The molecule has 2 aromatic carbocycles. The number of carbonyl (C=O) groups excluding carboxylic acids is 2. The molecule has 8 heteroatoms. The fourth-order valence-corrected chi connectivity index (χ4v) is 3.97. The first-order valence-corrected chi connectivity index (χ1v) is 10.8. The van der Waals surface area contributed by atoms with Crippen LogP contribution >= 0.6 is 23.1 Å². The number of amides is 2. The van der Waals surface area contributed by atoms with E-state index in [-0.39, 0.29) is 23.3 Å². The van der Waals surface area contributed by atoms with E-state index < -0.39 is 0 Å². The average molecular weight is 416 g/mol. The third-order valence-corrected chi connectivity index (χ3v) is 5.59. The number of nitrogens with zero attached hydrogens (tertiary/aromatic N) is 1. The lowest BCUT2D eigenvalue weighted by atomic mass is 10.2. The molecule has 3 aromatic rings. The first-order valence-electron chi connectivity index (χ1n) is 8.81. The molecule has 0 atom stereocenters. The van der Waals surface area contributed by atoms with Gasteiger partial charge >= 0.3 is 0 Å². The highest BCUT2D eigenvalue weighted by molar-refractivity contribution is 8.00. The van der Waals surface area contributed by atoms with Gasteiger partial charge in [-0.05, 0) is 44.2 Å². The summed E-state index contributed by atoms with van der Waals surface area (Å²) in [4.78, 5) is 28.5. The number of fused-ring (bicyclic) bond motifs is 1. The number of thioether (sulfide) groups is 1. The summed E-state index contributed by atoms with van der Waals surface area (Å²) < 4.78 is 6.43. The first-order chi connectivity index (χ1) is 13.5. The topological polar surface area (TPSA) is 80.3 Å². The van der Waals surface area contributed by atoms with E-state index >= 15 is 0 Å². The van der Waals surface area contributed by atoms with Crippen molar-refractivity contribution in [2.75, 3.05) is 28.7 Å².